The van der Waals surface area contributed by atoms with E-state index in [0.717, 1.165) is 24.4 Å². The van der Waals surface area contributed by atoms with E-state index >= 15 is 0 Å². The molecule has 4 heteroatoms. The summed E-state index contributed by atoms with van der Waals surface area (Å²) < 4.78 is 2.08. The van der Waals surface area contributed by atoms with Crippen LogP contribution in [0.4, 0.5) is 0 Å². The van der Waals surface area contributed by atoms with Crippen molar-refractivity contribution in [2.75, 3.05) is 20.1 Å². The lowest BCUT2D eigenvalue weighted by molar-refractivity contribution is 0.274. The summed E-state index contributed by atoms with van der Waals surface area (Å²) in [5, 5.41) is 0. The number of fused-ring (bicyclic) bond motifs is 1. The Hall–Kier alpha value is -1.39. The third-order valence-corrected chi connectivity index (χ3v) is 3.76. The van der Waals surface area contributed by atoms with Gasteiger partial charge in [0.05, 0.1) is 11.7 Å². The molecule has 0 aromatic carbocycles. The predicted octanol–water partition coefficient (Wildman–Crippen LogP) is 1.29. The lowest BCUT2D eigenvalue weighted by atomic mass is 9.98. The molecule has 2 N–H and O–H groups in total. The van der Waals surface area contributed by atoms with E-state index in [4.69, 9.17) is 10.7 Å². The Labute approximate surface area is 101 Å². The monoisotopic (exact) mass is 230 g/mol. The highest BCUT2D eigenvalue weighted by atomic mass is 15.2. The van der Waals surface area contributed by atoms with Gasteiger partial charge in [-0.05, 0) is 44.6 Å². The first kappa shape index (κ1) is 10.7. The maximum atomic E-state index is 5.86. The second-order valence-corrected chi connectivity index (χ2v) is 4.84. The van der Waals surface area contributed by atoms with Crippen molar-refractivity contribution in [1.29, 1.82) is 0 Å². The molecule has 3 heterocycles. The van der Waals surface area contributed by atoms with Gasteiger partial charge in [-0.15, -0.1) is 0 Å². The minimum atomic E-state index is 0.375. The lowest BCUT2D eigenvalue weighted by Gasteiger charge is -2.22. The number of imidazole rings is 1. The Kier molecular flexibility index (Phi) is 2.61. The lowest BCUT2D eigenvalue weighted by Crippen LogP contribution is -2.25. The minimum absolute atomic E-state index is 0.375. The number of pyridine rings is 1. The molecule has 90 valence electrons. The van der Waals surface area contributed by atoms with Gasteiger partial charge in [-0.25, -0.2) is 4.98 Å². The average molecular weight is 230 g/mol. The van der Waals surface area contributed by atoms with Gasteiger partial charge < -0.3 is 10.1 Å². The average Bonchev–Trinajstić information content (AvgIpc) is 2.91. The number of hydrogen-bond donors (Lipinski definition) is 1. The standard InChI is InChI=1S/C13H18N4/c1-16-7-5-10(8-14)13(16)11-9-17-6-3-2-4-12(17)15-11/h2-4,6,9-10,13H,5,7-8,14H2,1H3. The molecule has 4 nitrogen and oxygen atoms in total. The Morgan fingerprint density at radius 3 is 3.12 bits per heavy atom. The van der Waals surface area contributed by atoms with Gasteiger partial charge in [0.1, 0.15) is 5.65 Å². The molecular formula is C13H18N4. The van der Waals surface area contributed by atoms with Gasteiger partial charge in [-0.2, -0.15) is 0 Å². The van der Waals surface area contributed by atoms with Crippen LogP contribution in [0, 0.1) is 5.92 Å². The smallest absolute Gasteiger partial charge is 0.137 e. The molecule has 2 unspecified atom stereocenters. The summed E-state index contributed by atoms with van der Waals surface area (Å²) in [6.07, 6.45) is 5.34. The van der Waals surface area contributed by atoms with E-state index in [1.165, 1.54) is 6.42 Å². The number of rotatable bonds is 2. The van der Waals surface area contributed by atoms with E-state index < -0.39 is 0 Å². The number of likely N-dealkylation sites (tertiary alicyclic amines) is 1. The van der Waals surface area contributed by atoms with Crippen LogP contribution in [0.1, 0.15) is 18.2 Å². The van der Waals surface area contributed by atoms with Crippen molar-refractivity contribution in [2.45, 2.75) is 12.5 Å². The molecule has 0 aliphatic carbocycles. The molecule has 1 aliphatic heterocycles. The molecule has 0 spiro atoms. The molecule has 2 atom stereocenters. The van der Waals surface area contributed by atoms with Gasteiger partial charge in [0.15, 0.2) is 0 Å². The minimum Gasteiger partial charge on any atom is -0.330 e. The zero-order valence-corrected chi connectivity index (χ0v) is 10.1. The normalized spacial score (nSPS) is 25.8. The maximum absolute atomic E-state index is 5.86. The summed E-state index contributed by atoms with van der Waals surface area (Å²) in [5.74, 6) is 0.532. The van der Waals surface area contributed by atoms with E-state index in [9.17, 15) is 0 Å². The van der Waals surface area contributed by atoms with E-state index in [1.807, 2.05) is 24.4 Å². The summed E-state index contributed by atoms with van der Waals surface area (Å²) in [6, 6.07) is 6.46. The van der Waals surface area contributed by atoms with Crippen molar-refractivity contribution in [3.8, 4) is 0 Å². The third-order valence-electron chi connectivity index (χ3n) is 3.76. The van der Waals surface area contributed by atoms with Crippen LogP contribution >= 0.6 is 0 Å². The Morgan fingerprint density at radius 1 is 1.47 bits per heavy atom. The first-order valence-corrected chi connectivity index (χ1v) is 6.13. The Balaban J connectivity index is 2.02. The van der Waals surface area contributed by atoms with E-state index in [-0.39, 0.29) is 0 Å². The highest BCUT2D eigenvalue weighted by Gasteiger charge is 2.33. The van der Waals surface area contributed by atoms with Crippen molar-refractivity contribution in [3.63, 3.8) is 0 Å². The van der Waals surface area contributed by atoms with Gasteiger partial charge in [-0.1, -0.05) is 6.07 Å². The van der Waals surface area contributed by atoms with Gasteiger partial charge >= 0.3 is 0 Å². The first-order valence-electron chi connectivity index (χ1n) is 6.13. The predicted molar refractivity (Wildman–Crippen MR) is 67.7 cm³/mol. The number of hydrogen-bond acceptors (Lipinski definition) is 3. The van der Waals surface area contributed by atoms with Crippen molar-refractivity contribution in [2.24, 2.45) is 11.7 Å². The van der Waals surface area contributed by atoms with Crippen LogP contribution in [-0.2, 0) is 0 Å². The molecule has 1 saturated heterocycles. The molecule has 3 rings (SSSR count). The molecule has 0 amide bonds. The largest absolute Gasteiger partial charge is 0.330 e. The van der Waals surface area contributed by atoms with Crippen molar-refractivity contribution in [3.05, 3.63) is 36.3 Å². The molecule has 0 radical (unpaired) electrons. The topological polar surface area (TPSA) is 46.6 Å². The summed E-state index contributed by atoms with van der Waals surface area (Å²) in [6.45, 7) is 1.85. The SMILES string of the molecule is CN1CCC(CN)C1c1cn2ccccc2n1. The van der Waals surface area contributed by atoms with Crippen LogP contribution in [0.3, 0.4) is 0 Å². The van der Waals surface area contributed by atoms with Gasteiger partial charge in [0, 0.05) is 12.4 Å². The zero-order chi connectivity index (χ0) is 11.8. The van der Waals surface area contributed by atoms with Crippen LogP contribution in [-0.4, -0.2) is 34.4 Å². The molecule has 17 heavy (non-hydrogen) atoms. The fourth-order valence-electron chi connectivity index (χ4n) is 2.84. The molecule has 0 bridgehead atoms. The number of nitrogens with zero attached hydrogens (tertiary/aromatic N) is 3. The fraction of sp³-hybridized carbons (Fsp3) is 0.462. The van der Waals surface area contributed by atoms with Gasteiger partial charge in [0.2, 0.25) is 0 Å². The van der Waals surface area contributed by atoms with Crippen LogP contribution in [0.2, 0.25) is 0 Å². The van der Waals surface area contributed by atoms with E-state index in [1.54, 1.807) is 0 Å². The first-order chi connectivity index (χ1) is 8.29. The highest BCUT2D eigenvalue weighted by molar-refractivity contribution is 5.40. The summed E-state index contributed by atoms with van der Waals surface area (Å²) in [4.78, 5) is 7.07. The highest BCUT2D eigenvalue weighted by Crippen LogP contribution is 2.34. The quantitative estimate of drug-likeness (QED) is 0.845. The molecule has 2 aromatic rings. The number of nitrogens with two attached hydrogens (primary N) is 1. The molecule has 0 saturated carbocycles. The number of aromatic nitrogens is 2. The fourth-order valence-corrected chi connectivity index (χ4v) is 2.84. The zero-order valence-electron chi connectivity index (χ0n) is 10.1. The van der Waals surface area contributed by atoms with Crippen molar-refractivity contribution < 1.29 is 0 Å². The molecule has 1 fully saturated rings. The Morgan fingerprint density at radius 2 is 2.35 bits per heavy atom. The summed E-state index contributed by atoms with van der Waals surface area (Å²) in [5.41, 5.74) is 8.01. The molecular weight excluding hydrogens is 212 g/mol. The molecule has 2 aromatic heterocycles. The molecule has 1 aliphatic rings. The van der Waals surface area contributed by atoms with Crippen molar-refractivity contribution in [1.82, 2.24) is 14.3 Å². The van der Waals surface area contributed by atoms with E-state index in [0.29, 0.717) is 12.0 Å². The Bertz CT molecular complexity index is 486. The van der Waals surface area contributed by atoms with Gasteiger partial charge in [-0.3, -0.25) is 4.90 Å². The van der Waals surface area contributed by atoms with E-state index in [2.05, 4.69) is 22.5 Å². The maximum Gasteiger partial charge on any atom is 0.137 e. The third kappa shape index (κ3) is 1.73. The second-order valence-electron chi connectivity index (χ2n) is 4.84. The van der Waals surface area contributed by atoms with Gasteiger partial charge in [0.25, 0.3) is 0 Å². The van der Waals surface area contributed by atoms with Crippen LogP contribution in [0.15, 0.2) is 30.6 Å². The van der Waals surface area contributed by atoms with Crippen LogP contribution < -0.4 is 5.73 Å². The summed E-state index contributed by atoms with van der Waals surface area (Å²) in [7, 11) is 2.16. The van der Waals surface area contributed by atoms with Crippen molar-refractivity contribution >= 4 is 5.65 Å². The van der Waals surface area contributed by atoms with Crippen LogP contribution in [0.5, 0.6) is 0 Å². The second kappa shape index (κ2) is 4.13. The van der Waals surface area contributed by atoms with Crippen LogP contribution in [0.25, 0.3) is 5.65 Å². The summed E-state index contributed by atoms with van der Waals surface area (Å²) >= 11 is 0.